The summed E-state index contributed by atoms with van der Waals surface area (Å²) in [6.45, 7) is 0. The Kier molecular flexibility index (Phi) is 5.71. The van der Waals surface area contributed by atoms with E-state index in [2.05, 4.69) is 11.1 Å². The van der Waals surface area contributed by atoms with Gasteiger partial charge >= 0.3 is 0 Å². The number of aromatic nitrogens is 1. The third kappa shape index (κ3) is 3.96. The summed E-state index contributed by atoms with van der Waals surface area (Å²) in [6.07, 6.45) is 0. The first kappa shape index (κ1) is 21.2. The Morgan fingerprint density at radius 1 is 0.812 bits per heavy atom. The van der Waals surface area contributed by atoms with Crippen molar-refractivity contribution in [2.75, 3.05) is 0 Å². The van der Waals surface area contributed by atoms with Gasteiger partial charge in [0.25, 0.3) is 5.56 Å². The van der Waals surface area contributed by atoms with Crippen molar-refractivity contribution in [1.29, 1.82) is 10.5 Å². The Morgan fingerprint density at radius 2 is 1.59 bits per heavy atom. The summed E-state index contributed by atoms with van der Waals surface area (Å²) in [4.78, 5) is 15.4. The van der Waals surface area contributed by atoms with E-state index in [1.54, 1.807) is 54.6 Å². The number of nitrogens with zero attached hydrogens (tertiary/aromatic N) is 2. The highest BCUT2D eigenvalue weighted by Gasteiger charge is 2.17. The number of aromatic hydroxyl groups is 1. The molecule has 4 aromatic rings. The number of phenolic OH excluding ortho intramolecular Hbond substituents is 1. The maximum Gasteiger partial charge on any atom is 0.266 e. The maximum absolute atomic E-state index is 12.7. The van der Waals surface area contributed by atoms with Gasteiger partial charge in [-0.15, -0.1) is 0 Å². The van der Waals surface area contributed by atoms with E-state index in [-0.39, 0.29) is 11.3 Å². The number of nitrogens with one attached hydrogen (secondary N) is 1. The summed E-state index contributed by atoms with van der Waals surface area (Å²) in [5, 5.41) is 30.0. The summed E-state index contributed by atoms with van der Waals surface area (Å²) >= 11 is 12.4. The Balaban J connectivity index is 1.94. The lowest BCUT2D eigenvalue weighted by Gasteiger charge is -2.12. The Hall–Kier alpha value is -4.03. The molecule has 0 unspecified atom stereocenters. The predicted molar refractivity (Wildman–Crippen MR) is 124 cm³/mol. The molecular weight excluding hydrogens is 445 g/mol. The molecule has 7 heteroatoms. The van der Waals surface area contributed by atoms with Crippen LogP contribution in [0.1, 0.15) is 11.1 Å². The van der Waals surface area contributed by atoms with Gasteiger partial charge in [-0.05, 0) is 59.7 Å². The van der Waals surface area contributed by atoms with Gasteiger partial charge in [-0.1, -0.05) is 41.4 Å². The summed E-state index contributed by atoms with van der Waals surface area (Å²) < 4.78 is 0. The van der Waals surface area contributed by atoms with Crippen LogP contribution in [0.2, 0.25) is 10.0 Å². The van der Waals surface area contributed by atoms with Gasteiger partial charge in [0.2, 0.25) is 0 Å². The van der Waals surface area contributed by atoms with E-state index < -0.39 is 5.56 Å². The molecule has 0 aliphatic heterocycles. The first-order valence-corrected chi connectivity index (χ1v) is 10.1. The van der Waals surface area contributed by atoms with Gasteiger partial charge in [0.15, 0.2) is 0 Å². The molecule has 0 radical (unpaired) electrons. The molecule has 4 rings (SSSR count). The van der Waals surface area contributed by atoms with Gasteiger partial charge in [0.1, 0.15) is 17.4 Å². The van der Waals surface area contributed by atoms with E-state index in [4.69, 9.17) is 28.5 Å². The molecule has 0 atom stereocenters. The molecule has 32 heavy (non-hydrogen) atoms. The minimum Gasteiger partial charge on any atom is -0.507 e. The van der Waals surface area contributed by atoms with Crippen molar-refractivity contribution in [3.63, 3.8) is 0 Å². The lowest BCUT2D eigenvalue weighted by atomic mass is 9.96. The van der Waals surface area contributed by atoms with E-state index in [0.29, 0.717) is 38.0 Å². The smallest absolute Gasteiger partial charge is 0.266 e. The zero-order valence-electron chi connectivity index (χ0n) is 16.4. The Morgan fingerprint density at radius 3 is 2.34 bits per heavy atom. The largest absolute Gasteiger partial charge is 0.507 e. The van der Waals surface area contributed by atoms with Crippen molar-refractivity contribution >= 4 is 23.2 Å². The van der Waals surface area contributed by atoms with Crippen molar-refractivity contribution in [3.05, 3.63) is 98.3 Å². The first-order chi connectivity index (χ1) is 15.4. The fraction of sp³-hybridized carbons (Fsp3) is 0. The molecule has 1 aromatic heterocycles. The van der Waals surface area contributed by atoms with Gasteiger partial charge in [-0.2, -0.15) is 10.5 Å². The highest BCUT2D eigenvalue weighted by molar-refractivity contribution is 6.35. The van der Waals surface area contributed by atoms with Crippen LogP contribution < -0.4 is 5.56 Å². The molecule has 0 saturated carbocycles. The SMILES string of the molecule is N#Cc1cccc(-c2ccc(O)c(-c3cc(-c4cc(Cl)ccc4Cl)c(C#N)c(=O)[nH]3)c2)c1. The second-order valence-corrected chi connectivity index (χ2v) is 7.80. The molecule has 0 aliphatic carbocycles. The Bertz CT molecular complexity index is 1510. The van der Waals surface area contributed by atoms with Crippen LogP contribution in [0.25, 0.3) is 33.5 Å². The molecule has 154 valence electrons. The number of phenols is 1. The molecule has 5 nitrogen and oxygen atoms in total. The van der Waals surface area contributed by atoms with Crippen LogP contribution in [-0.4, -0.2) is 10.1 Å². The normalized spacial score (nSPS) is 10.4. The summed E-state index contributed by atoms with van der Waals surface area (Å²) in [6, 6.07) is 22.3. The molecule has 0 spiro atoms. The van der Waals surface area contributed by atoms with Crippen LogP contribution >= 0.6 is 23.2 Å². The third-order valence-electron chi connectivity index (χ3n) is 4.98. The molecule has 0 amide bonds. The van der Waals surface area contributed by atoms with Gasteiger partial charge < -0.3 is 10.1 Å². The monoisotopic (exact) mass is 457 g/mol. The molecule has 1 heterocycles. The summed E-state index contributed by atoms with van der Waals surface area (Å²) in [7, 11) is 0. The lowest BCUT2D eigenvalue weighted by molar-refractivity contribution is 0.477. The number of hydrogen-bond acceptors (Lipinski definition) is 4. The highest BCUT2D eigenvalue weighted by Crippen LogP contribution is 2.37. The third-order valence-corrected chi connectivity index (χ3v) is 5.54. The van der Waals surface area contributed by atoms with Gasteiger partial charge in [0.05, 0.1) is 17.3 Å². The molecule has 0 aliphatic rings. The number of halogens is 2. The molecular formula is C25H13Cl2N3O2. The van der Waals surface area contributed by atoms with Gasteiger partial charge in [0, 0.05) is 26.7 Å². The first-order valence-electron chi connectivity index (χ1n) is 9.38. The zero-order chi connectivity index (χ0) is 22.8. The highest BCUT2D eigenvalue weighted by atomic mass is 35.5. The van der Waals surface area contributed by atoms with Gasteiger partial charge in [-0.3, -0.25) is 4.79 Å². The lowest BCUT2D eigenvalue weighted by Crippen LogP contribution is -2.13. The van der Waals surface area contributed by atoms with E-state index in [1.165, 1.54) is 6.07 Å². The van der Waals surface area contributed by atoms with Crippen LogP contribution in [0.15, 0.2) is 71.5 Å². The van der Waals surface area contributed by atoms with Crippen molar-refractivity contribution in [1.82, 2.24) is 4.98 Å². The average molecular weight is 458 g/mol. The fourth-order valence-corrected chi connectivity index (χ4v) is 3.82. The zero-order valence-corrected chi connectivity index (χ0v) is 17.9. The molecule has 0 fully saturated rings. The van der Waals surface area contributed by atoms with Crippen molar-refractivity contribution in [2.45, 2.75) is 0 Å². The average Bonchev–Trinajstić information content (AvgIpc) is 2.80. The van der Waals surface area contributed by atoms with E-state index >= 15 is 0 Å². The number of nitriles is 2. The topological polar surface area (TPSA) is 101 Å². The number of hydrogen-bond donors (Lipinski definition) is 2. The van der Waals surface area contributed by atoms with E-state index in [9.17, 15) is 15.2 Å². The maximum atomic E-state index is 12.7. The van der Waals surface area contributed by atoms with Crippen LogP contribution in [0, 0.1) is 22.7 Å². The van der Waals surface area contributed by atoms with E-state index in [1.807, 2.05) is 12.1 Å². The second-order valence-electron chi connectivity index (χ2n) is 6.96. The van der Waals surface area contributed by atoms with Crippen molar-refractivity contribution < 1.29 is 5.11 Å². The molecule has 0 saturated heterocycles. The minimum absolute atomic E-state index is 0.0614. The number of benzene rings is 3. The Labute approximate surface area is 193 Å². The van der Waals surface area contributed by atoms with Crippen molar-refractivity contribution in [3.8, 4) is 51.4 Å². The number of aromatic amines is 1. The number of rotatable bonds is 3. The van der Waals surface area contributed by atoms with Crippen LogP contribution in [0.3, 0.4) is 0 Å². The molecule has 2 N–H and O–H groups in total. The molecule has 3 aromatic carbocycles. The second kappa shape index (κ2) is 8.61. The number of pyridine rings is 1. The number of H-pyrrole nitrogens is 1. The predicted octanol–water partition coefficient (Wildman–Crippen LogP) is 6.13. The van der Waals surface area contributed by atoms with Crippen LogP contribution in [-0.2, 0) is 0 Å². The van der Waals surface area contributed by atoms with Crippen molar-refractivity contribution in [2.24, 2.45) is 0 Å². The summed E-state index contributed by atoms with van der Waals surface area (Å²) in [5.74, 6) is -0.0614. The summed E-state index contributed by atoms with van der Waals surface area (Å²) in [5.41, 5.74) is 2.67. The standard InChI is InChI=1S/C25H13Cl2N3O2/c26-17-5-6-22(27)19(10-17)18-11-23(30-25(32)21(18)13-29)20-9-16(4-7-24(20)31)15-3-1-2-14(8-15)12-28/h1-11,31H,(H,30,32). The van der Waals surface area contributed by atoms with Gasteiger partial charge in [-0.25, -0.2) is 0 Å². The quantitative estimate of drug-likeness (QED) is 0.386. The van der Waals surface area contributed by atoms with Crippen LogP contribution in [0.5, 0.6) is 5.75 Å². The van der Waals surface area contributed by atoms with E-state index in [0.717, 1.165) is 11.1 Å². The molecule has 0 bridgehead atoms. The fourth-order valence-electron chi connectivity index (χ4n) is 3.43. The minimum atomic E-state index is -0.618. The van der Waals surface area contributed by atoms with Crippen LogP contribution in [0.4, 0.5) is 0 Å².